The minimum absolute atomic E-state index is 0.0586. The molecule has 0 spiro atoms. The van der Waals surface area contributed by atoms with Crippen LogP contribution in [0.1, 0.15) is 30.1 Å². The van der Waals surface area contributed by atoms with Crippen molar-refractivity contribution in [2.75, 3.05) is 12.0 Å². The van der Waals surface area contributed by atoms with Crippen LogP contribution in [0, 0.1) is 11.6 Å². The van der Waals surface area contributed by atoms with Crippen molar-refractivity contribution in [3.63, 3.8) is 0 Å². The van der Waals surface area contributed by atoms with Gasteiger partial charge in [0, 0.05) is 25.6 Å². The van der Waals surface area contributed by atoms with E-state index in [9.17, 15) is 23.2 Å². The molecule has 2 aromatic carbocycles. The fourth-order valence-corrected chi connectivity index (χ4v) is 2.96. The molecule has 8 nitrogen and oxygen atoms in total. The molecule has 1 heterocycles. The number of nitrogens with zero attached hydrogens (tertiary/aromatic N) is 2. The second kappa shape index (κ2) is 9.79. The van der Waals surface area contributed by atoms with E-state index in [0.717, 1.165) is 12.1 Å². The van der Waals surface area contributed by atoms with Gasteiger partial charge in [-0.15, -0.1) is 0 Å². The van der Waals surface area contributed by atoms with Gasteiger partial charge < -0.3 is 5.32 Å². The average molecular weight is 429 g/mol. The van der Waals surface area contributed by atoms with E-state index in [1.807, 2.05) is 0 Å². The Hall–Kier alpha value is -3.82. The number of hydrazine groups is 1. The molecule has 0 fully saturated rings. The van der Waals surface area contributed by atoms with Crippen LogP contribution in [0.15, 0.2) is 47.3 Å². The molecule has 0 aliphatic rings. The Bertz CT molecular complexity index is 1180. The fourth-order valence-electron chi connectivity index (χ4n) is 2.96. The van der Waals surface area contributed by atoms with Crippen molar-refractivity contribution in [1.82, 2.24) is 20.3 Å². The molecule has 0 aliphatic carbocycles. The molecule has 3 aromatic rings. The lowest BCUT2D eigenvalue weighted by molar-refractivity contribution is -0.120. The number of hydrogen-bond donors (Lipinski definition) is 3. The molecule has 2 amide bonds. The third-order valence-corrected chi connectivity index (χ3v) is 4.53. The number of amides is 2. The molecule has 1 aromatic heterocycles. The largest absolute Gasteiger partial charge is 0.352 e. The molecular weight excluding hydrogens is 408 g/mol. The minimum Gasteiger partial charge on any atom is -0.352 e. The summed E-state index contributed by atoms with van der Waals surface area (Å²) < 4.78 is 27.9. The van der Waals surface area contributed by atoms with Crippen molar-refractivity contribution in [2.45, 2.75) is 26.3 Å². The maximum atomic E-state index is 13.6. The zero-order valence-electron chi connectivity index (χ0n) is 16.7. The van der Waals surface area contributed by atoms with Gasteiger partial charge in [-0.3, -0.25) is 29.8 Å². The van der Waals surface area contributed by atoms with Crippen LogP contribution in [0.5, 0.6) is 0 Å². The second-order valence-electron chi connectivity index (χ2n) is 6.66. The fraction of sp³-hybridized carbons (Fsp3) is 0.238. The van der Waals surface area contributed by atoms with Gasteiger partial charge in [-0.05, 0) is 37.6 Å². The van der Waals surface area contributed by atoms with Crippen molar-refractivity contribution in [2.24, 2.45) is 0 Å². The van der Waals surface area contributed by atoms with E-state index in [-0.39, 0.29) is 42.4 Å². The summed E-state index contributed by atoms with van der Waals surface area (Å²) in [5.74, 6) is -2.59. The highest BCUT2D eigenvalue weighted by Crippen LogP contribution is 2.11. The first kappa shape index (κ1) is 21.9. The van der Waals surface area contributed by atoms with E-state index < -0.39 is 17.5 Å². The number of rotatable bonds is 8. The molecule has 0 saturated heterocycles. The third-order valence-electron chi connectivity index (χ3n) is 4.53. The average Bonchev–Trinajstić information content (AvgIpc) is 2.75. The summed E-state index contributed by atoms with van der Waals surface area (Å²) in [5.41, 5.74) is 5.15. The van der Waals surface area contributed by atoms with Crippen LogP contribution in [0.2, 0.25) is 0 Å². The summed E-state index contributed by atoms with van der Waals surface area (Å²) in [6.07, 6.45) is 0.344. The summed E-state index contributed by atoms with van der Waals surface area (Å²) in [6, 6.07) is 9.59. The van der Waals surface area contributed by atoms with Gasteiger partial charge in [-0.2, -0.15) is 0 Å². The van der Waals surface area contributed by atoms with Gasteiger partial charge in [0.15, 0.2) is 0 Å². The third kappa shape index (κ3) is 5.21. The lowest BCUT2D eigenvalue weighted by Crippen LogP contribution is -2.34. The molecule has 162 valence electrons. The molecule has 0 unspecified atom stereocenters. The Morgan fingerprint density at radius 3 is 2.65 bits per heavy atom. The number of fused-ring (bicyclic) bond motifs is 1. The highest BCUT2D eigenvalue weighted by Gasteiger charge is 2.13. The molecule has 0 bridgehead atoms. The van der Waals surface area contributed by atoms with Crippen molar-refractivity contribution < 1.29 is 18.4 Å². The first-order valence-electron chi connectivity index (χ1n) is 9.68. The predicted molar refractivity (Wildman–Crippen MR) is 111 cm³/mol. The van der Waals surface area contributed by atoms with E-state index >= 15 is 0 Å². The SMILES string of the molecule is CCn1c(NNC(=O)CCCNC(=O)c2ccc(F)cc2F)nc2ccccc2c1=O. The van der Waals surface area contributed by atoms with Crippen LogP contribution in [-0.4, -0.2) is 27.9 Å². The smallest absolute Gasteiger partial charge is 0.262 e. The lowest BCUT2D eigenvalue weighted by Gasteiger charge is -2.14. The lowest BCUT2D eigenvalue weighted by atomic mass is 10.2. The van der Waals surface area contributed by atoms with E-state index in [1.165, 1.54) is 4.57 Å². The molecule has 31 heavy (non-hydrogen) atoms. The zero-order valence-corrected chi connectivity index (χ0v) is 16.7. The Morgan fingerprint density at radius 1 is 1.13 bits per heavy atom. The number of hydrogen-bond acceptors (Lipinski definition) is 5. The van der Waals surface area contributed by atoms with Crippen LogP contribution in [-0.2, 0) is 11.3 Å². The Morgan fingerprint density at radius 2 is 1.90 bits per heavy atom. The van der Waals surface area contributed by atoms with Crippen LogP contribution in [0.25, 0.3) is 10.9 Å². The minimum atomic E-state index is -0.954. The summed E-state index contributed by atoms with van der Waals surface area (Å²) in [6.45, 7) is 2.27. The van der Waals surface area contributed by atoms with Gasteiger partial charge >= 0.3 is 0 Å². The standard InChI is InChI=1S/C21H21F2N5O3/c1-2-28-20(31)15-6-3-4-7-17(15)25-21(28)27-26-18(29)8-5-11-24-19(30)14-10-9-13(22)12-16(14)23/h3-4,6-7,9-10,12H,2,5,8,11H2,1H3,(H,24,30)(H,25,27)(H,26,29). The molecule has 0 atom stereocenters. The summed E-state index contributed by atoms with van der Waals surface area (Å²) in [5, 5.41) is 2.96. The maximum absolute atomic E-state index is 13.6. The van der Waals surface area contributed by atoms with E-state index in [4.69, 9.17) is 0 Å². The van der Waals surface area contributed by atoms with Crippen molar-refractivity contribution in [3.8, 4) is 0 Å². The molecule has 10 heteroatoms. The highest BCUT2D eigenvalue weighted by molar-refractivity contribution is 5.94. The number of benzene rings is 2. The normalized spacial score (nSPS) is 10.7. The van der Waals surface area contributed by atoms with Gasteiger partial charge in [-0.1, -0.05) is 12.1 Å². The number of anilines is 1. The number of carbonyl (C=O) groups excluding carboxylic acids is 2. The Kier molecular flexibility index (Phi) is 6.91. The van der Waals surface area contributed by atoms with E-state index in [2.05, 4.69) is 21.2 Å². The molecular formula is C21H21F2N5O3. The highest BCUT2D eigenvalue weighted by atomic mass is 19.1. The van der Waals surface area contributed by atoms with Gasteiger partial charge in [0.2, 0.25) is 11.9 Å². The predicted octanol–water partition coefficient (Wildman–Crippen LogP) is 2.35. The van der Waals surface area contributed by atoms with E-state index in [1.54, 1.807) is 31.2 Å². The number of carbonyl (C=O) groups is 2. The van der Waals surface area contributed by atoms with Crippen LogP contribution in [0.3, 0.4) is 0 Å². The topological polar surface area (TPSA) is 105 Å². The number of nitrogens with one attached hydrogen (secondary N) is 3. The number of para-hydroxylation sites is 1. The zero-order chi connectivity index (χ0) is 22.4. The van der Waals surface area contributed by atoms with Crippen molar-refractivity contribution in [3.05, 3.63) is 70.0 Å². The van der Waals surface area contributed by atoms with Crippen LogP contribution in [0.4, 0.5) is 14.7 Å². The van der Waals surface area contributed by atoms with E-state index in [0.29, 0.717) is 23.5 Å². The second-order valence-corrected chi connectivity index (χ2v) is 6.66. The Balaban J connectivity index is 1.50. The van der Waals surface area contributed by atoms with Gasteiger partial charge in [0.1, 0.15) is 11.6 Å². The quantitative estimate of drug-likeness (QED) is 0.377. The van der Waals surface area contributed by atoms with Gasteiger partial charge in [0.25, 0.3) is 11.5 Å². The first-order valence-corrected chi connectivity index (χ1v) is 9.68. The molecule has 3 N–H and O–H groups in total. The van der Waals surface area contributed by atoms with Gasteiger partial charge in [0.05, 0.1) is 16.5 Å². The van der Waals surface area contributed by atoms with Gasteiger partial charge in [-0.25, -0.2) is 13.8 Å². The first-order chi connectivity index (χ1) is 14.9. The monoisotopic (exact) mass is 429 g/mol. The molecule has 0 saturated carbocycles. The molecule has 0 radical (unpaired) electrons. The number of halogens is 2. The molecule has 0 aliphatic heterocycles. The van der Waals surface area contributed by atoms with Crippen molar-refractivity contribution >= 4 is 28.7 Å². The number of aromatic nitrogens is 2. The Labute approximate surface area is 176 Å². The maximum Gasteiger partial charge on any atom is 0.262 e. The summed E-state index contributed by atoms with van der Waals surface area (Å²) >= 11 is 0. The summed E-state index contributed by atoms with van der Waals surface area (Å²) in [7, 11) is 0. The summed E-state index contributed by atoms with van der Waals surface area (Å²) in [4.78, 5) is 40.9. The van der Waals surface area contributed by atoms with Crippen LogP contribution < -0.4 is 21.7 Å². The van der Waals surface area contributed by atoms with Crippen molar-refractivity contribution in [1.29, 1.82) is 0 Å². The molecule has 3 rings (SSSR count). The van der Waals surface area contributed by atoms with Crippen LogP contribution >= 0.6 is 0 Å².